The third kappa shape index (κ3) is 15.8. The minimum absolute atomic E-state index is 0.00397. The first kappa shape index (κ1) is 40.5. The van der Waals surface area contributed by atoms with Crippen LogP contribution in [0.15, 0.2) is 64.5 Å². The normalized spacial score (nSPS) is 13.3. The van der Waals surface area contributed by atoms with Gasteiger partial charge < -0.3 is 37.3 Å². The highest BCUT2D eigenvalue weighted by Crippen LogP contribution is 2.14. The Hall–Kier alpha value is -4.70. The first-order chi connectivity index (χ1) is 23.0. The summed E-state index contributed by atoms with van der Waals surface area (Å²) >= 11 is 0. The third-order valence-electron chi connectivity index (χ3n) is 7.01. The molecule has 0 unspecified atom stereocenters. The van der Waals surface area contributed by atoms with Crippen molar-refractivity contribution in [3.63, 3.8) is 0 Å². The molecule has 3 atom stereocenters. The SMILES string of the molecule is Cc1ccc(S(=O)(=O)N[C@H](CCCCNC(=O)OC(C)(C)C)C(=O)N[C@@H](Cc2ccccc2)C(=O)N[C@@H](CCCN=C(N)N)C(=O)O)cc1. The lowest BCUT2D eigenvalue weighted by atomic mass is 10.0. The maximum Gasteiger partial charge on any atom is 0.407 e. The van der Waals surface area contributed by atoms with Gasteiger partial charge in [0, 0.05) is 19.5 Å². The number of amides is 3. The van der Waals surface area contributed by atoms with Gasteiger partial charge >= 0.3 is 12.1 Å². The fourth-order valence-electron chi connectivity index (χ4n) is 4.56. The number of carboxylic acid groups (broad SMARTS) is 1. The Morgan fingerprint density at radius 2 is 1.45 bits per heavy atom. The number of aliphatic carboxylic acids is 1. The zero-order valence-corrected chi connectivity index (χ0v) is 29.2. The van der Waals surface area contributed by atoms with Gasteiger partial charge in [0.2, 0.25) is 21.8 Å². The van der Waals surface area contributed by atoms with Crippen molar-refractivity contribution in [3.05, 3.63) is 65.7 Å². The van der Waals surface area contributed by atoms with Crippen molar-refractivity contribution in [1.82, 2.24) is 20.7 Å². The van der Waals surface area contributed by atoms with Crippen LogP contribution in [0.25, 0.3) is 0 Å². The number of carbonyl (C=O) groups is 4. The Kier molecular flexibility index (Phi) is 16.0. The van der Waals surface area contributed by atoms with Gasteiger partial charge in [0.05, 0.1) is 4.90 Å². The predicted molar refractivity (Wildman–Crippen MR) is 185 cm³/mol. The molecule has 0 heterocycles. The van der Waals surface area contributed by atoms with E-state index >= 15 is 0 Å². The van der Waals surface area contributed by atoms with Gasteiger partial charge in [-0.15, -0.1) is 0 Å². The molecule has 0 aliphatic carbocycles. The molecule has 0 saturated heterocycles. The molecule has 0 saturated carbocycles. The molecule has 2 aromatic carbocycles. The number of nitrogens with zero attached hydrogens (tertiary/aromatic N) is 1. The summed E-state index contributed by atoms with van der Waals surface area (Å²) < 4.78 is 34.4. The van der Waals surface area contributed by atoms with Crippen LogP contribution >= 0.6 is 0 Å². The average Bonchev–Trinajstić information content (AvgIpc) is 3.00. The third-order valence-corrected chi connectivity index (χ3v) is 8.50. The Bertz CT molecular complexity index is 1520. The molecule has 0 bridgehead atoms. The predicted octanol–water partition coefficient (Wildman–Crippen LogP) is 1.69. The lowest BCUT2D eigenvalue weighted by Gasteiger charge is -2.25. The fraction of sp³-hybridized carbons (Fsp3) is 0.485. The number of hydrogen-bond donors (Lipinski definition) is 7. The Labute approximate surface area is 287 Å². The largest absolute Gasteiger partial charge is 0.480 e. The number of rotatable bonds is 19. The van der Waals surface area contributed by atoms with Crippen LogP contribution in [-0.2, 0) is 35.6 Å². The average molecular weight is 704 g/mol. The summed E-state index contributed by atoms with van der Waals surface area (Å²) in [6, 6.07) is 11.0. The molecule has 15 nitrogen and oxygen atoms in total. The molecule has 49 heavy (non-hydrogen) atoms. The van der Waals surface area contributed by atoms with Gasteiger partial charge in [-0.3, -0.25) is 14.6 Å². The number of guanidine groups is 1. The molecule has 2 aromatic rings. The summed E-state index contributed by atoms with van der Waals surface area (Å²) in [4.78, 5) is 55.0. The van der Waals surface area contributed by atoms with Crippen molar-refractivity contribution in [2.45, 2.75) is 94.8 Å². The minimum Gasteiger partial charge on any atom is -0.480 e. The van der Waals surface area contributed by atoms with E-state index < -0.39 is 57.6 Å². The van der Waals surface area contributed by atoms with Crippen molar-refractivity contribution >= 4 is 39.9 Å². The number of aliphatic imine (C=N–C) groups is 1. The number of carboxylic acids is 1. The quantitative estimate of drug-likeness (QED) is 0.0634. The number of sulfonamides is 1. The topological polar surface area (TPSA) is 244 Å². The van der Waals surface area contributed by atoms with E-state index in [-0.39, 0.29) is 49.6 Å². The highest BCUT2D eigenvalue weighted by atomic mass is 32.2. The second kappa shape index (κ2) is 19.3. The van der Waals surface area contributed by atoms with E-state index in [1.807, 2.05) is 6.92 Å². The second-order valence-electron chi connectivity index (χ2n) is 12.5. The number of ether oxygens (including phenoxy) is 1. The zero-order valence-electron chi connectivity index (χ0n) is 28.4. The van der Waals surface area contributed by atoms with Gasteiger partial charge in [0.15, 0.2) is 5.96 Å². The van der Waals surface area contributed by atoms with E-state index in [0.717, 1.165) is 5.56 Å². The summed E-state index contributed by atoms with van der Waals surface area (Å²) in [5, 5.41) is 17.5. The summed E-state index contributed by atoms with van der Waals surface area (Å²) in [5.74, 6) is -2.99. The number of nitrogens with two attached hydrogens (primary N) is 2. The molecule has 0 aliphatic rings. The van der Waals surface area contributed by atoms with E-state index in [4.69, 9.17) is 16.2 Å². The monoisotopic (exact) mass is 703 g/mol. The highest BCUT2D eigenvalue weighted by Gasteiger charge is 2.31. The van der Waals surface area contributed by atoms with E-state index in [2.05, 4.69) is 25.7 Å². The van der Waals surface area contributed by atoms with E-state index in [9.17, 15) is 32.7 Å². The van der Waals surface area contributed by atoms with Gasteiger partial charge in [0.25, 0.3) is 0 Å². The van der Waals surface area contributed by atoms with E-state index in [1.54, 1.807) is 63.2 Å². The first-order valence-electron chi connectivity index (χ1n) is 16.0. The van der Waals surface area contributed by atoms with Crippen LogP contribution in [-0.4, -0.2) is 80.2 Å². The number of alkyl carbamates (subject to hydrolysis) is 1. The van der Waals surface area contributed by atoms with Crippen molar-refractivity contribution in [2.75, 3.05) is 13.1 Å². The lowest BCUT2D eigenvalue weighted by Crippen LogP contribution is -2.56. The summed E-state index contributed by atoms with van der Waals surface area (Å²) in [5.41, 5.74) is 11.5. The molecule has 16 heteroatoms. The summed E-state index contributed by atoms with van der Waals surface area (Å²) in [6.07, 6.45) is 0.398. The van der Waals surface area contributed by atoms with Gasteiger partial charge in [-0.05, 0) is 77.5 Å². The molecule has 9 N–H and O–H groups in total. The molecule has 270 valence electrons. The molecule has 0 aliphatic heterocycles. The number of carbonyl (C=O) groups excluding carboxylic acids is 3. The van der Waals surface area contributed by atoms with Crippen molar-refractivity contribution in [1.29, 1.82) is 0 Å². The molecule has 3 amide bonds. The van der Waals surface area contributed by atoms with Crippen LogP contribution in [0.1, 0.15) is 64.0 Å². The summed E-state index contributed by atoms with van der Waals surface area (Å²) in [6.45, 7) is 7.38. The number of nitrogens with one attached hydrogen (secondary N) is 4. The van der Waals surface area contributed by atoms with Crippen molar-refractivity contribution < 1.29 is 37.4 Å². The standard InChI is InChI=1S/C33H49N7O8S/c1-22-15-17-24(18-16-22)49(46,47)40-25(13-8-9-19-37-32(45)48-33(2,3)4)28(41)39-27(21-23-11-6-5-7-12-23)29(42)38-26(30(43)44)14-10-20-36-31(34)35/h5-7,11-12,15-18,25-27,40H,8-10,13-14,19-21H2,1-4H3,(H,37,45)(H,38,42)(H,39,41)(H,43,44)(H4,34,35,36)/t25-,26+,27+/m1/s1. The van der Waals surface area contributed by atoms with Gasteiger partial charge in [-0.2, -0.15) is 4.72 Å². The van der Waals surface area contributed by atoms with Crippen LogP contribution in [0.3, 0.4) is 0 Å². The smallest absolute Gasteiger partial charge is 0.407 e. The second-order valence-corrected chi connectivity index (χ2v) is 14.2. The summed E-state index contributed by atoms with van der Waals surface area (Å²) in [7, 11) is -4.17. The van der Waals surface area contributed by atoms with Gasteiger partial charge in [-0.1, -0.05) is 48.0 Å². The van der Waals surface area contributed by atoms with Crippen LogP contribution in [0.2, 0.25) is 0 Å². The van der Waals surface area contributed by atoms with Gasteiger partial charge in [0.1, 0.15) is 23.7 Å². The number of hydrogen-bond acceptors (Lipinski definition) is 8. The maximum absolute atomic E-state index is 13.8. The highest BCUT2D eigenvalue weighted by molar-refractivity contribution is 7.89. The minimum atomic E-state index is -4.17. The molecule has 0 aromatic heterocycles. The van der Waals surface area contributed by atoms with E-state index in [0.29, 0.717) is 18.4 Å². The van der Waals surface area contributed by atoms with Crippen LogP contribution in [0.4, 0.5) is 4.79 Å². The molecular formula is C33H49N7O8S. The number of unbranched alkanes of at least 4 members (excludes halogenated alkanes) is 1. The van der Waals surface area contributed by atoms with Crippen molar-refractivity contribution in [3.8, 4) is 0 Å². The Morgan fingerprint density at radius 3 is 2.04 bits per heavy atom. The number of aryl methyl sites for hydroxylation is 1. The molecule has 0 spiro atoms. The first-order valence-corrected chi connectivity index (χ1v) is 17.4. The van der Waals surface area contributed by atoms with Crippen LogP contribution in [0, 0.1) is 6.92 Å². The fourth-order valence-corrected chi connectivity index (χ4v) is 5.79. The van der Waals surface area contributed by atoms with Crippen molar-refractivity contribution in [2.24, 2.45) is 16.5 Å². The zero-order chi connectivity index (χ0) is 36.6. The van der Waals surface area contributed by atoms with Gasteiger partial charge in [-0.25, -0.2) is 18.0 Å². The lowest BCUT2D eigenvalue weighted by molar-refractivity contribution is -0.142. The molecular weight excluding hydrogens is 654 g/mol. The molecule has 2 rings (SSSR count). The maximum atomic E-state index is 13.8. The van der Waals surface area contributed by atoms with Crippen LogP contribution in [0.5, 0.6) is 0 Å². The Morgan fingerprint density at radius 1 is 0.857 bits per heavy atom. The van der Waals surface area contributed by atoms with E-state index in [1.165, 1.54) is 12.1 Å². The molecule has 0 fully saturated rings. The molecule has 0 radical (unpaired) electrons. The Balaban J connectivity index is 2.26. The number of benzene rings is 2. The van der Waals surface area contributed by atoms with Crippen LogP contribution < -0.4 is 32.1 Å².